The molecule has 1 aromatic heterocycles. The van der Waals surface area contributed by atoms with Crippen LogP contribution in [0.2, 0.25) is 0 Å². The van der Waals surface area contributed by atoms with Gasteiger partial charge >= 0.3 is 0 Å². The fourth-order valence-corrected chi connectivity index (χ4v) is 4.03. The van der Waals surface area contributed by atoms with Gasteiger partial charge in [0.2, 0.25) is 5.43 Å². The molecule has 6 nitrogen and oxygen atoms in total. The quantitative estimate of drug-likeness (QED) is 0.247. The molecule has 6 heteroatoms. The molecule has 0 radical (unpaired) electrons. The summed E-state index contributed by atoms with van der Waals surface area (Å²) in [5.74, 6) is 1.38. The number of fused-ring (bicyclic) bond motifs is 2. The van der Waals surface area contributed by atoms with Gasteiger partial charge in [-0.2, -0.15) is 0 Å². The first-order valence-corrected chi connectivity index (χ1v) is 12.3. The molecule has 0 aliphatic heterocycles. The molecule has 1 heterocycles. The summed E-state index contributed by atoms with van der Waals surface area (Å²) in [6.45, 7) is 16.1. The van der Waals surface area contributed by atoms with Crippen LogP contribution in [0, 0.1) is 0 Å². The maximum absolute atomic E-state index is 13.2. The average Bonchev–Trinajstić information content (AvgIpc) is 2.85. The van der Waals surface area contributed by atoms with Crippen molar-refractivity contribution in [3.05, 3.63) is 46.6 Å². The van der Waals surface area contributed by atoms with Crippen molar-refractivity contribution in [3.8, 4) is 11.5 Å². The molecular formula is C27H38N2O4. The van der Waals surface area contributed by atoms with Gasteiger partial charge in [-0.15, -0.1) is 0 Å². The lowest BCUT2D eigenvalue weighted by Crippen LogP contribution is -2.25. The molecule has 0 aliphatic rings. The van der Waals surface area contributed by atoms with E-state index in [9.17, 15) is 4.79 Å². The van der Waals surface area contributed by atoms with Gasteiger partial charge in [0.25, 0.3) is 0 Å². The molecule has 0 fully saturated rings. The van der Waals surface area contributed by atoms with Gasteiger partial charge in [-0.3, -0.25) is 4.79 Å². The highest BCUT2D eigenvalue weighted by Gasteiger charge is 2.11. The maximum atomic E-state index is 13.2. The Morgan fingerprint density at radius 2 is 1.12 bits per heavy atom. The van der Waals surface area contributed by atoms with E-state index in [4.69, 9.17) is 13.9 Å². The van der Waals surface area contributed by atoms with E-state index in [0.29, 0.717) is 46.7 Å². The van der Waals surface area contributed by atoms with Crippen molar-refractivity contribution < 1.29 is 13.9 Å². The van der Waals surface area contributed by atoms with Gasteiger partial charge in [0.05, 0.1) is 24.0 Å². The minimum Gasteiger partial charge on any atom is -0.494 e. The smallest absolute Gasteiger partial charge is 0.200 e. The molecule has 0 atom stereocenters. The van der Waals surface area contributed by atoms with E-state index >= 15 is 0 Å². The van der Waals surface area contributed by atoms with Crippen molar-refractivity contribution in [1.29, 1.82) is 0 Å². The lowest BCUT2D eigenvalue weighted by Gasteiger charge is -2.17. The van der Waals surface area contributed by atoms with Crippen molar-refractivity contribution in [2.45, 2.75) is 40.5 Å². The van der Waals surface area contributed by atoms with Crippen LogP contribution in [0.15, 0.2) is 45.6 Å². The summed E-state index contributed by atoms with van der Waals surface area (Å²) in [5, 5.41) is 1.06. The van der Waals surface area contributed by atoms with Crippen LogP contribution < -0.4 is 14.9 Å². The summed E-state index contributed by atoms with van der Waals surface area (Å²) in [5.41, 5.74) is 1.07. The predicted molar refractivity (Wildman–Crippen MR) is 136 cm³/mol. The van der Waals surface area contributed by atoms with Gasteiger partial charge in [0, 0.05) is 13.1 Å². The summed E-state index contributed by atoms with van der Waals surface area (Å²) in [4.78, 5) is 17.9. The van der Waals surface area contributed by atoms with Gasteiger partial charge in [-0.25, -0.2) is 0 Å². The molecule has 0 amide bonds. The monoisotopic (exact) mass is 454 g/mol. The molecule has 33 heavy (non-hydrogen) atoms. The van der Waals surface area contributed by atoms with Gasteiger partial charge < -0.3 is 23.7 Å². The van der Waals surface area contributed by atoms with Crippen LogP contribution in [0.4, 0.5) is 0 Å². The first-order chi connectivity index (χ1) is 16.1. The van der Waals surface area contributed by atoms with E-state index in [1.54, 1.807) is 12.1 Å². The number of benzene rings is 2. The fraction of sp³-hybridized carbons (Fsp3) is 0.519. The van der Waals surface area contributed by atoms with Gasteiger partial charge in [-0.05, 0) is 75.4 Å². The molecule has 0 bridgehead atoms. The van der Waals surface area contributed by atoms with Gasteiger partial charge in [0.15, 0.2) is 0 Å². The highest BCUT2D eigenvalue weighted by molar-refractivity contribution is 5.90. The Morgan fingerprint density at radius 3 is 1.52 bits per heavy atom. The van der Waals surface area contributed by atoms with Crippen molar-refractivity contribution in [2.75, 3.05) is 52.5 Å². The van der Waals surface area contributed by atoms with Crippen LogP contribution in [-0.4, -0.2) is 62.3 Å². The standard InChI is InChI=1S/C27H38N2O4/c1-5-28(6-2)15-9-17-31-21-11-13-25-23(19-21)27(30)24-20-22(12-14-26(24)33-25)32-18-10-16-29(7-3)8-4/h11-14,19-20H,5-10,15-18H2,1-4H3. The molecule has 0 saturated heterocycles. The summed E-state index contributed by atoms with van der Waals surface area (Å²) < 4.78 is 17.8. The van der Waals surface area contributed by atoms with E-state index in [-0.39, 0.29) is 5.43 Å². The number of hydrogen-bond donors (Lipinski definition) is 0. The summed E-state index contributed by atoms with van der Waals surface area (Å²) in [6, 6.07) is 10.9. The third kappa shape index (κ3) is 6.71. The number of rotatable bonds is 14. The van der Waals surface area contributed by atoms with Crippen LogP contribution >= 0.6 is 0 Å². The molecule has 3 aromatic rings. The van der Waals surface area contributed by atoms with Gasteiger partial charge in [-0.1, -0.05) is 27.7 Å². The van der Waals surface area contributed by atoms with Crippen molar-refractivity contribution in [1.82, 2.24) is 9.80 Å². The molecular weight excluding hydrogens is 416 g/mol. The molecule has 0 unspecified atom stereocenters. The third-order valence-electron chi connectivity index (χ3n) is 6.17. The van der Waals surface area contributed by atoms with Crippen LogP contribution in [0.1, 0.15) is 40.5 Å². The average molecular weight is 455 g/mol. The van der Waals surface area contributed by atoms with Crippen LogP contribution in [0.3, 0.4) is 0 Å². The van der Waals surface area contributed by atoms with E-state index in [0.717, 1.165) is 52.1 Å². The zero-order chi connectivity index (χ0) is 23.6. The number of nitrogens with zero attached hydrogens (tertiary/aromatic N) is 2. The molecule has 2 aromatic carbocycles. The van der Waals surface area contributed by atoms with E-state index in [1.807, 2.05) is 24.3 Å². The lowest BCUT2D eigenvalue weighted by molar-refractivity contribution is 0.249. The number of hydrogen-bond acceptors (Lipinski definition) is 6. The first-order valence-electron chi connectivity index (χ1n) is 12.3. The minimum absolute atomic E-state index is 0.0616. The summed E-state index contributed by atoms with van der Waals surface area (Å²) in [7, 11) is 0. The van der Waals surface area contributed by atoms with Crippen LogP contribution in [-0.2, 0) is 0 Å². The van der Waals surface area contributed by atoms with Crippen molar-refractivity contribution in [3.63, 3.8) is 0 Å². The van der Waals surface area contributed by atoms with Crippen molar-refractivity contribution in [2.24, 2.45) is 0 Å². The SMILES string of the molecule is CCN(CC)CCCOc1ccc2oc3ccc(OCCCN(CC)CC)cc3c(=O)c2c1. The largest absolute Gasteiger partial charge is 0.494 e. The highest BCUT2D eigenvalue weighted by atomic mass is 16.5. The van der Waals surface area contributed by atoms with E-state index in [1.165, 1.54) is 0 Å². The lowest BCUT2D eigenvalue weighted by atomic mass is 10.1. The fourth-order valence-electron chi connectivity index (χ4n) is 4.03. The molecule has 3 rings (SSSR count). The molecule has 0 aliphatic carbocycles. The maximum Gasteiger partial charge on any atom is 0.200 e. The zero-order valence-electron chi connectivity index (χ0n) is 20.6. The van der Waals surface area contributed by atoms with E-state index < -0.39 is 0 Å². The second-order valence-corrected chi connectivity index (χ2v) is 8.20. The highest BCUT2D eigenvalue weighted by Crippen LogP contribution is 2.25. The number of ether oxygens (including phenoxy) is 2. The van der Waals surface area contributed by atoms with E-state index in [2.05, 4.69) is 37.5 Å². The van der Waals surface area contributed by atoms with Gasteiger partial charge in [0.1, 0.15) is 22.7 Å². The second kappa shape index (κ2) is 12.6. The topological polar surface area (TPSA) is 55.2 Å². The Balaban J connectivity index is 1.69. The molecule has 0 N–H and O–H groups in total. The Bertz CT molecular complexity index is 990. The Morgan fingerprint density at radius 1 is 0.697 bits per heavy atom. The Hall–Kier alpha value is -2.57. The predicted octanol–water partition coefficient (Wildman–Crippen LogP) is 5.17. The molecule has 0 saturated carbocycles. The summed E-state index contributed by atoms with van der Waals surface area (Å²) >= 11 is 0. The first kappa shape index (κ1) is 25.1. The zero-order valence-corrected chi connectivity index (χ0v) is 20.6. The minimum atomic E-state index is -0.0616. The van der Waals surface area contributed by atoms with Crippen molar-refractivity contribution >= 4 is 21.9 Å². The normalized spacial score (nSPS) is 11.7. The molecule has 0 spiro atoms. The Labute approximate surface area is 197 Å². The van der Waals surface area contributed by atoms with Crippen LogP contribution in [0.5, 0.6) is 11.5 Å². The second-order valence-electron chi connectivity index (χ2n) is 8.20. The van der Waals surface area contributed by atoms with Crippen LogP contribution in [0.25, 0.3) is 21.9 Å². The third-order valence-corrected chi connectivity index (χ3v) is 6.17. The summed E-state index contributed by atoms with van der Waals surface area (Å²) in [6.07, 6.45) is 1.89. The molecule has 180 valence electrons. The Kier molecular flexibility index (Phi) is 9.58.